The number of carbonyl (C=O) groups excluding carboxylic acids is 2. The fraction of sp³-hybridized carbons (Fsp3) is 0.500. The molecule has 140 valence electrons. The largest absolute Gasteiger partial charge is 0.496 e. The van der Waals surface area contributed by atoms with Crippen molar-refractivity contribution in [2.75, 3.05) is 33.4 Å². The first-order chi connectivity index (χ1) is 12.5. The standard InChI is InChI=1S/C20H26N2O4/c1-14(2)26-13-12-22-19(23)17(15-8-4-5-9-16(15)25-3)18(20(22)24)21-10-6-7-11-21/h4-5,8-9,14H,6-7,10-13H2,1-3H3. The van der Waals surface area contributed by atoms with Gasteiger partial charge in [0.2, 0.25) is 0 Å². The van der Waals surface area contributed by atoms with E-state index in [9.17, 15) is 9.59 Å². The van der Waals surface area contributed by atoms with Gasteiger partial charge >= 0.3 is 0 Å². The molecule has 0 spiro atoms. The quantitative estimate of drug-likeness (QED) is 0.700. The molecule has 0 aliphatic carbocycles. The maximum absolute atomic E-state index is 13.1. The molecule has 2 heterocycles. The molecule has 0 unspecified atom stereocenters. The van der Waals surface area contributed by atoms with Crippen LogP contribution in [0.3, 0.4) is 0 Å². The Morgan fingerprint density at radius 1 is 1.08 bits per heavy atom. The molecular weight excluding hydrogens is 332 g/mol. The summed E-state index contributed by atoms with van der Waals surface area (Å²) in [6, 6.07) is 7.36. The Bertz CT molecular complexity index is 720. The van der Waals surface area contributed by atoms with E-state index in [0.29, 0.717) is 29.2 Å². The number of rotatable bonds is 7. The molecule has 0 radical (unpaired) electrons. The van der Waals surface area contributed by atoms with Crippen molar-refractivity contribution in [2.24, 2.45) is 0 Å². The number of nitrogens with zero attached hydrogens (tertiary/aromatic N) is 2. The first kappa shape index (κ1) is 18.5. The molecule has 0 N–H and O–H groups in total. The van der Waals surface area contributed by atoms with E-state index in [-0.39, 0.29) is 24.5 Å². The van der Waals surface area contributed by atoms with Crippen molar-refractivity contribution >= 4 is 17.4 Å². The fourth-order valence-electron chi connectivity index (χ4n) is 3.47. The zero-order valence-corrected chi connectivity index (χ0v) is 15.7. The lowest BCUT2D eigenvalue weighted by atomic mass is 10.0. The van der Waals surface area contributed by atoms with E-state index in [0.717, 1.165) is 25.9 Å². The summed E-state index contributed by atoms with van der Waals surface area (Å²) in [5, 5.41) is 0. The van der Waals surface area contributed by atoms with E-state index in [2.05, 4.69) is 0 Å². The number of hydrogen-bond donors (Lipinski definition) is 0. The van der Waals surface area contributed by atoms with Crippen LogP contribution in [0.1, 0.15) is 32.3 Å². The first-order valence-corrected chi connectivity index (χ1v) is 9.15. The first-order valence-electron chi connectivity index (χ1n) is 9.15. The molecule has 0 atom stereocenters. The summed E-state index contributed by atoms with van der Waals surface area (Å²) in [5.74, 6) is 0.0968. The lowest BCUT2D eigenvalue weighted by molar-refractivity contribution is -0.138. The van der Waals surface area contributed by atoms with Crippen LogP contribution in [-0.4, -0.2) is 61.1 Å². The van der Waals surface area contributed by atoms with Gasteiger partial charge in [0.25, 0.3) is 11.8 Å². The Hall–Kier alpha value is -2.34. The van der Waals surface area contributed by atoms with Crippen LogP contribution in [0.25, 0.3) is 5.57 Å². The molecule has 6 nitrogen and oxygen atoms in total. The number of carbonyl (C=O) groups is 2. The van der Waals surface area contributed by atoms with Gasteiger partial charge in [-0.1, -0.05) is 18.2 Å². The second-order valence-electron chi connectivity index (χ2n) is 6.80. The van der Waals surface area contributed by atoms with Crippen molar-refractivity contribution in [2.45, 2.75) is 32.8 Å². The zero-order valence-electron chi connectivity index (χ0n) is 15.7. The van der Waals surface area contributed by atoms with Crippen molar-refractivity contribution < 1.29 is 19.1 Å². The third-order valence-corrected chi connectivity index (χ3v) is 4.71. The van der Waals surface area contributed by atoms with Gasteiger partial charge in [-0.05, 0) is 32.8 Å². The number of amides is 2. The molecule has 0 saturated carbocycles. The number of para-hydroxylation sites is 1. The molecule has 26 heavy (non-hydrogen) atoms. The molecule has 1 aromatic carbocycles. The van der Waals surface area contributed by atoms with E-state index in [1.54, 1.807) is 7.11 Å². The molecule has 1 fully saturated rings. The van der Waals surface area contributed by atoms with Gasteiger partial charge in [0.1, 0.15) is 11.4 Å². The highest BCUT2D eigenvalue weighted by Gasteiger charge is 2.42. The highest BCUT2D eigenvalue weighted by atomic mass is 16.5. The summed E-state index contributed by atoms with van der Waals surface area (Å²) in [6.45, 7) is 6.05. The van der Waals surface area contributed by atoms with Gasteiger partial charge in [0.15, 0.2) is 0 Å². The molecule has 1 aromatic rings. The Kier molecular flexibility index (Phi) is 5.61. The second kappa shape index (κ2) is 7.91. The van der Waals surface area contributed by atoms with Crippen molar-refractivity contribution in [3.63, 3.8) is 0 Å². The third-order valence-electron chi connectivity index (χ3n) is 4.71. The van der Waals surface area contributed by atoms with Crippen molar-refractivity contribution in [1.82, 2.24) is 9.80 Å². The van der Waals surface area contributed by atoms with E-state index >= 15 is 0 Å². The minimum atomic E-state index is -0.270. The predicted molar refractivity (Wildman–Crippen MR) is 98.5 cm³/mol. The lowest BCUT2D eigenvalue weighted by Gasteiger charge is -2.20. The molecule has 1 saturated heterocycles. The Morgan fingerprint density at radius 3 is 2.42 bits per heavy atom. The maximum atomic E-state index is 13.1. The van der Waals surface area contributed by atoms with Crippen molar-refractivity contribution in [3.8, 4) is 5.75 Å². The lowest BCUT2D eigenvalue weighted by Crippen LogP contribution is -2.37. The Morgan fingerprint density at radius 2 is 1.77 bits per heavy atom. The van der Waals surface area contributed by atoms with Gasteiger partial charge in [0, 0.05) is 18.7 Å². The van der Waals surface area contributed by atoms with Crippen LogP contribution in [0.15, 0.2) is 30.0 Å². The molecule has 0 aromatic heterocycles. The number of benzene rings is 1. The van der Waals surface area contributed by atoms with Crippen molar-refractivity contribution in [3.05, 3.63) is 35.5 Å². The molecular formula is C20H26N2O4. The van der Waals surface area contributed by atoms with E-state index in [4.69, 9.17) is 9.47 Å². The zero-order chi connectivity index (χ0) is 18.7. The van der Waals surface area contributed by atoms with Crippen LogP contribution < -0.4 is 4.74 Å². The highest BCUT2D eigenvalue weighted by molar-refractivity contribution is 6.36. The van der Waals surface area contributed by atoms with Crippen LogP contribution in [0.2, 0.25) is 0 Å². The van der Waals surface area contributed by atoms with Crippen LogP contribution in [0.5, 0.6) is 5.75 Å². The van der Waals surface area contributed by atoms with E-state index < -0.39 is 0 Å². The molecule has 0 bridgehead atoms. The maximum Gasteiger partial charge on any atom is 0.277 e. The molecule has 2 amide bonds. The monoisotopic (exact) mass is 358 g/mol. The molecule has 6 heteroatoms. The van der Waals surface area contributed by atoms with Gasteiger partial charge in [0.05, 0.1) is 31.9 Å². The third kappa shape index (κ3) is 3.46. The number of ether oxygens (including phenoxy) is 2. The number of imide groups is 1. The minimum Gasteiger partial charge on any atom is -0.496 e. The summed E-state index contributed by atoms with van der Waals surface area (Å²) >= 11 is 0. The number of hydrogen-bond acceptors (Lipinski definition) is 5. The predicted octanol–water partition coefficient (Wildman–Crippen LogP) is 2.30. The summed E-state index contributed by atoms with van der Waals surface area (Å²) in [6.07, 6.45) is 2.11. The molecule has 2 aliphatic rings. The van der Waals surface area contributed by atoms with Gasteiger partial charge in [-0.2, -0.15) is 0 Å². The van der Waals surface area contributed by atoms with Gasteiger partial charge in [-0.15, -0.1) is 0 Å². The minimum absolute atomic E-state index is 0.0579. The van der Waals surface area contributed by atoms with Crippen LogP contribution in [0, 0.1) is 0 Å². The van der Waals surface area contributed by atoms with Crippen LogP contribution in [0.4, 0.5) is 0 Å². The smallest absolute Gasteiger partial charge is 0.277 e. The van der Waals surface area contributed by atoms with Crippen LogP contribution >= 0.6 is 0 Å². The summed E-state index contributed by atoms with van der Waals surface area (Å²) in [5.41, 5.74) is 1.61. The Labute approximate surface area is 154 Å². The molecule has 2 aliphatic heterocycles. The van der Waals surface area contributed by atoms with E-state index in [1.807, 2.05) is 43.0 Å². The average molecular weight is 358 g/mol. The second-order valence-corrected chi connectivity index (χ2v) is 6.80. The van der Waals surface area contributed by atoms with Gasteiger partial charge < -0.3 is 14.4 Å². The summed E-state index contributed by atoms with van der Waals surface area (Å²) in [7, 11) is 1.57. The van der Waals surface area contributed by atoms with E-state index in [1.165, 1.54) is 4.90 Å². The van der Waals surface area contributed by atoms with Crippen LogP contribution in [-0.2, 0) is 14.3 Å². The SMILES string of the molecule is COc1ccccc1C1=C(N2CCCC2)C(=O)N(CCOC(C)C)C1=O. The topological polar surface area (TPSA) is 59.1 Å². The molecule has 3 rings (SSSR count). The Balaban J connectivity index is 1.98. The number of methoxy groups -OCH3 is 1. The average Bonchev–Trinajstić information content (AvgIpc) is 3.23. The number of likely N-dealkylation sites (tertiary alicyclic amines) is 1. The summed E-state index contributed by atoms with van der Waals surface area (Å²) < 4.78 is 11.0. The van der Waals surface area contributed by atoms with Gasteiger partial charge in [-0.25, -0.2) is 0 Å². The summed E-state index contributed by atoms with van der Waals surface area (Å²) in [4.78, 5) is 29.5. The highest BCUT2D eigenvalue weighted by Crippen LogP contribution is 2.37. The normalized spacial score (nSPS) is 17.8. The van der Waals surface area contributed by atoms with Gasteiger partial charge in [-0.3, -0.25) is 14.5 Å². The van der Waals surface area contributed by atoms with Crippen molar-refractivity contribution in [1.29, 1.82) is 0 Å². The fourth-order valence-corrected chi connectivity index (χ4v) is 3.47.